The number of halogens is 1. The van der Waals surface area contributed by atoms with E-state index in [2.05, 4.69) is 55.1 Å². The van der Waals surface area contributed by atoms with E-state index < -0.39 is 0 Å². The lowest BCUT2D eigenvalue weighted by Crippen LogP contribution is -2.11. The molecule has 5 heteroatoms. The largest absolute Gasteiger partial charge is 0.279 e. The molecule has 0 aliphatic rings. The van der Waals surface area contributed by atoms with Crippen LogP contribution in [0, 0.1) is 4.77 Å². The standard InChI is InChI=1S/C19H20ClN3S/c1-19(2,3)14-10-8-13(9-11-14)12-23-18(24)21-17(22-23)15-6-4-5-7-16(15)20/h4-11H,12H2,1-3H3,(H,21,22,24). The average Bonchev–Trinajstić information content (AvgIpc) is 2.88. The Kier molecular flexibility index (Phi) is 4.61. The lowest BCUT2D eigenvalue weighted by atomic mass is 9.87. The zero-order valence-electron chi connectivity index (χ0n) is 14.0. The van der Waals surface area contributed by atoms with Gasteiger partial charge in [0.2, 0.25) is 4.77 Å². The topological polar surface area (TPSA) is 33.6 Å². The summed E-state index contributed by atoms with van der Waals surface area (Å²) < 4.78 is 2.38. The molecule has 2 aromatic carbocycles. The van der Waals surface area contributed by atoms with Crippen molar-refractivity contribution in [2.75, 3.05) is 0 Å². The van der Waals surface area contributed by atoms with Crippen LogP contribution in [0.5, 0.6) is 0 Å². The first kappa shape index (κ1) is 16.9. The van der Waals surface area contributed by atoms with Gasteiger partial charge in [-0.25, -0.2) is 0 Å². The van der Waals surface area contributed by atoms with Gasteiger partial charge in [0, 0.05) is 5.56 Å². The highest BCUT2D eigenvalue weighted by molar-refractivity contribution is 7.71. The highest BCUT2D eigenvalue weighted by atomic mass is 35.5. The van der Waals surface area contributed by atoms with E-state index in [9.17, 15) is 0 Å². The molecule has 1 aromatic heterocycles. The zero-order chi connectivity index (χ0) is 17.3. The summed E-state index contributed by atoms with van der Waals surface area (Å²) >= 11 is 11.6. The number of rotatable bonds is 3. The predicted molar refractivity (Wildman–Crippen MR) is 102 cm³/mol. The van der Waals surface area contributed by atoms with Crippen molar-refractivity contribution in [1.29, 1.82) is 0 Å². The summed E-state index contributed by atoms with van der Waals surface area (Å²) in [5.41, 5.74) is 3.50. The summed E-state index contributed by atoms with van der Waals surface area (Å²) in [6.07, 6.45) is 0. The number of hydrogen-bond donors (Lipinski definition) is 1. The van der Waals surface area contributed by atoms with Gasteiger partial charge in [0.15, 0.2) is 5.82 Å². The molecule has 24 heavy (non-hydrogen) atoms. The summed E-state index contributed by atoms with van der Waals surface area (Å²) in [6.45, 7) is 7.29. The fraction of sp³-hybridized carbons (Fsp3) is 0.263. The Morgan fingerprint density at radius 1 is 1.08 bits per heavy atom. The third kappa shape index (κ3) is 3.60. The van der Waals surface area contributed by atoms with E-state index >= 15 is 0 Å². The first-order chi connectivity index (χ1) is 11.3. The van der Waals surface area contributed by atoms with Crippen molar-refractivity contribution in [3.8, 4) is 11.4 Å². The number of hydrogen-bond acceptors (Lipinski definition) is 2. The molecule has 0 bridgehead atoms. The first-order valence-electron chi connectivity index (χ1n) is 7.86. The van der Waals surface area contributed by atoms with Gasteiger partial charge in [-0.05, 0) is 40.9 Å². The lowest BCUT2D eigenvalue weighted by Gasteiger charge is -2.19. The van der Waals surface area contributed by atoms with Gasteiger partial charge in [-0.3, -0.25) is 9.78 Å². The maximum atomic E-state index is 6.24. The van der Waals surface area contributed by atoms with Gasteiger partial charge in [0.1, 0.15) is 0 Å². The van der Waals surface area contributed by atoms with E-state index in [-0.39, 0.29) is 5.41 Å². The number of nitrogens with one attached hydrogen (secondary N) is 1. The number of aromatic nitrogens is 3. The minimum absolute atomic E-state index is 0.153. The summed E-state index contributed by atoms with van der Waals surface area (Å²) in [5, 5.41) is 3.90. The maximum Gasteiger partial charge on any atom is 0.216 e. The third-order valence-electron chi connectivity index (χ3n) is 3.97. The predicted octanol–water partition coefficient (Wildman–Crippen LogP) is 5.61. The van der Waals surface area contributed by atoms with Gasteiger partial charge in [0.25, 0.3) is 0 Å². The minimum Gasteiger partial charge on any atom is -0.279 e. The summed E-state index contributed by atoms with van der Waals surface area (Å²) in [5.74, 6) is 0.692. The fourth-order valence-corrected chi connectivity index (χ4v) is 2.96. The van der Waals surface area contributed by atoms with Crippen LogP contribution in [0.25, 0.3) is 11.4 Å². The van der Waals surface area contributed by atoms with Crippen molar-refractivity contribution in [1.82, 2.24) is 14.8 Å². The van der Waals surface area contributed by atoms with Crippen LogP contribution in [-0.4, -0.2) is 14.8 Å². The molecule has 124 valence electrons. The van der Waals surface area contributed by atoms with Gasteiger partial charge in [-0.2, -0.15) is 4.98 Å². The average molecular weight is 358 g/mol. The van der Waals surface area contributed by atoms with Crippen molar-refractivity contribution < 1.29 is 0 Å². The summed E-state index contributed by atoms with van der Waals surface area (Å²) in [6, 6.07) is 16.2. The van der Waals surface area contributed by atoms with Gasteiger partial charge < -0.3 is 0 Å². The number of nitrogens with zero attached hydrogens (tertiary/aromatic N) is 2. The SMILES string of the molecule is CC(C)(C)c1ccc(Cn2[nH]c(-c3ccccc3Cl)nc2=S)cc1. The van der Waals surface area contributed by atoms with Crippen LogP contribution in [0.3, 0.4) is 0 Å². The molecule has 3 aromatic rings. The summed E-state index contributed by atoms with van der Waals surface area (Å²) in [7, 11) is 0. The van der Waals surface area contributed by atoms with Crippen molar-refractivity contribution in [3.05, 3.63) is 69.5 Å². The Bertz CT molecular complexity index is 901. The molecule has 3 nitrogen and oxygen atoms in total. The van der Waals surface area contributed by atoms with Crippen molar-refractivity contribution in [2.24, 2.45) is 0 Å². The monoisotopic (exact) mass is 357 g/mol. The third-order valence-corrected chi connectivity index (χ3v) is 4.61. The van der Waals surface area contributed by atoms with Crippen molar-refractivity contribution in [3.63, 3.8) is 0 Å². The highest BCUT2D eigenvalue weighted by Gasteiger charge is 2.13. The molecule has 0 unspecified atom stereocenters. The molecule has 0 aliphatic carbocycles. The van der Waals surface area contributed by atoms with E-state index in [1.165, 1.54) is 11.1 Å². The van der Waals surface area contributed by atoms with Gasteiger partial charge >= 0.3 is 0 Å². The molecular formula is C19H20ClN3S. The van der Waals surface area contributed by atoms with Crippen molar-refractivity contribution in [2.45, 2.75) is 32.7 Å². The second-order valence-corrected chi connectivity index (χ2v) is 7.64. The van der Waals surface area contributed by atoms with Crippen LogP contribution >= 0.6 is 23.8 Å². The lowest BCUT2D eigenvalue weighted by molar-refractivity contribution is 0.589. The van der Waals surface area contributed by atoms with Crippen molar-refractivity contribution >= 4 is 23.8 Å². The molecular weight excluding hydrogens is 338 g/mol. The molecule has 0 fully saturated rings. The molecule has 1 heterocycles. The van der Waals surface area contributed by atoms with Gasteiger partial charge in [-0.15, -0.1) is 0 Å². The number of H-pyrrole nitrogens is 1. The molecule has 0 saturated heterocycles. The van der Waals surface area contributed by atoms with Crippen LogP contribution in [0.1, 0.15) is 31.9 Å². The second kappa shape index (κ2) is 6.54. The highest BCUT2D eigenvalue weighted by Crippen LogP contribution is 2.25. The Labute approximate surface area is 152 Å². The Balaban J connectivity index is 1.87. The van der Waals surface area contributed by atoms with Crippen LogP contribution in [0.2, 0.25) is 5.02 Å². The molecule has 0 radical (unpaired) electrons. The van der Waals surface area contributed by atoms with Crippen LogP contribution in [0.4, 0.5) is 0 Å². The molecule has 0 saturated carbocycles. The zero-order valence-corrected chi connectivity index (χ0v) is 15.6. The molecule has 0 aliphatic heterocycles. The minimum atomic E-state index is 0.153. The molecule has 0 spiro atoms. The molecule has 0 atom stereocenters. The number of benzene rings is 2. The van der Waals surface area contributed by atoms with E-state index in [0.717, 1.165) is 5.56 Å². The van der Waals surface area contributed by atoms with E-state index in [0.29, 0.717) is 22.2 Å². The Morgan fingerprint density at radius 2 is 1.75 bits per heavy atom. The van der Waals surface area contributed by atoms with Crippen LogP contribution in [0.15, 0.2) is 48.5 Å². The maximum absolute atomic E-state index is 6.24. The normalized spacial score (nSPS) is 11.7. The first-order valence-corrected chi connectivity index (χ1v) is 8.64. The fourth-order valence-electron chi connectivity index (χ4n) is 2.53. The summed E-state index contributed by atoms with van der Waals surface area (Å²) in [4.78, 5) is 4.43. The molecule has 0 amide bonds. The van der Waals surface area contributed by atoms with E-state index in [1.54, 1.807) is 0 Å². The van der Waals surface area contributed by atoms with Crippen LogP contribution < -0.4 is 0 Å². The number of aromatic amines is 1. The quantitative estimate of drug-likeness (QED) is 0.618. The molecule has 1 N–H and O–H groups in total. The second-order valence-electron chi connectivity index (χ2n) is 6.87. The Hall–Kier alpha value is -1.91. The smallest absolute Gasteiger partial charge is 0.216 e. The van der Waals surface area contributed by atoms with E-state index in [1.807, 2.05) is 28.9 Å². The van der Waals surface area contributed by atoms with Gasteiger partial charge in [-0.1, -0.05) is 68.8 Å². The van der Waals surface area contributed by atoms with Gasteiger partial charge in [0.05, 0.1) is 11.6 Å². The van der Waals surface area contributed by atoms with Crippen LogP contribution in [-0.2, 0) is 12.0 Å². The van der Waals surface area contributed by atoms with E-state index in [4.69, 9.17) is 23.8 Å². The molecule has 3 rings (SSSR count). The Morgan fingerprint density at radius 3 is 2.38 bits per heavy atom.